The van der Waals surface area contributed by atoms with Crippen molar-refractivity contribution in [2.24, 2.45) is 7.05 Å². The molecule has 136 valence electrons. The number of hydrogen-bond donors (Lipinski definition) is 0. The van der Waals surface area contributed by atoms with Gasteiger partial charge in [0.05, 0.1) is 6.54 Å². The van der Waals surface area contributed by atoms with E-state index >= 15 is 0 Å². The van der Waals surface area contributed by atoms with E-state index in [1.54, 1.807) is 29.3 Å². The molecule has 3 aromatic rings. The molecule has 3 aromatic heterocycles. The van der Waals surface area contributed by atoms with Crippen molar-refractivity contribution in [3.8, 4) is 5.82 Å². The van der Waals surface area contributed by atoms with Gasteiger partial charge in [0.1, 0.15) is 12.2 Å². The smallest absolute Gasteiger partial charge is 0.266 e. The van der Waals surface area contributed by atoms with Crippen LogP contribution in [0, 0.1) is 0 Å². The molecule has 1 aliphatic rings. The standard InChI is InChI=1S/C18H23N7O/c1-22-11-8-20-16(22)6-10-23-9-2-3-15(23)13-25-18(26)5-4-17(21-25)24-12-7-19-14-24/h4-5,7-8,11-12,14-15H,2-3,6,9-10,13H2,1H3. The van der Waals surface area contributed by atoms with E-state index in [9.17, 15) is 4.79 Å². The highest BCUT2D eigenvalue weighted by Gasteiger charge is 2.25. The van der Waals surface area contributed by atoms with Crippen molar-refractivity contribution in [1.82, 2.24) is 33.8 Å². The minimum absolute atomic E-state index is 0.0650. The minimum Gasteiger partial charge on any atom is -0.338 e. The molecule has 0 spiro atoms. The van der Waals surface area contributed by atoms with Gasteiger partial charge in [0.2, 0.25) is 0 Å². The Hall–Kier alpha value is -2.74. The fourth-order valence-corrected chi connectivity index (χ4v) is 3.58. The van der Waals surface area contributed by atoms with Gasteiger partial charge in [0, 0.05) is 56.9 Å². The molecular formula is C18H23N7O. The summed E-state index contributed by atoms with van der Waals surface area (Å²) in [5.74, 6) is 1.80. The molecule has 1 unspecified atom stereocenters. The monoisotopic (exact) mass is 353 g/mol. The predicted molar refractivity (Wildman–Crippen MR) is 97.1 cm³/mol. The van der Waals surface area contributed by atoms with Gasteiger partial charge in [-0.25, -0.2) is 14.6 Å². The maximum atomic E-state index is 12.3. The molecule has 1 atom stereocenters. The maximum Gasteiger partial charge on any atom is 0.266 e. The first kappa shape index (κ1) is 16.7. The van der Waals surface area contributed by atoms with Gasteiger partial charge < -0.3 is 4.57 Å². The molecule has 0 N–H and O–H groups in total. The van der Waals surface area contributed by atoms with Crippen LogP contribution in [0.3, 0.4) is 0 Å². The first-order chi connectivity index (χ1) is 12.7. The summed E-state index contributed by atoms with van der Waals surface area (Å²) in [6.07, 6.45) is 12.2. The first-order valence-corrected chi connectivity index (χ1v) is 8.97. The number of aryl methyl sites for hydroxylation is 1. The Morgan fingerprint density at radius 2 is 2.15 bits per heavy atom. The normalized spacial score (nSPS) is 17.8. The molecule has 0 radical (unpaired) electrons. The van der Waals surface area contributed by atoms with E-state index in [1.807, 2.05) is 30.2 Å². The minimum atomic E-state index is -0.0650. The fraction of sp³-hybridized carbons (Fsp3) is 0.444. The van der Waals surface area contributed by atoms with Crippen molar-refractivity contribution < 1.29 is 0 Å². The van der Waals surface area contributed by atoms with Crippen LogP contribution in [0.5, 0.6) is 0 Å². The van der Waals surface area contributed by atoms with Crippen molar-refractivity contribution in [1.29, 1.82) is 0 Å². The lowest BCUT2D eigenvalue weighted by molar-refractivity contribution is 0.225. The molecule has 1 fully saturated rings. The average molecular weight is 353 g/mol. The molecule has 8 heteroatoms. The Morgan fingerprint density at radius 3 is 2.92 bits per heavy atom. The molecule has 26 heavy (non-hydrogen) atoms. The Labute approximate surface area is 151 Å². The van der Waals surface area contributed by atoms with Gasteiger partial charge in [-0.15, -0.1) is 0 Å². The van der Waals surface area contributed by atoms with E-state index in [1.165, 1.54) is 0 Å². The summed E-state index contributed by atoms with van der Waals surface area (Å²) in [4.78, 5) is 23.2. The van der Waals surface area contributed by atoms with Gasteiger partial charge in [0.25, 0.3) is 5.56 Å². The van der Waals surface area contributed by atoms with Crippen LogP contribution in [0.2, 0.25) is 0 Å². The van der Waals surface area contributed by atoms with Crippen molar-refractivity contribution in [2.75, 3.05) is 13.1 Å². The van der Waals surface area contributed by atoms with E-state index < -0.39 is 0 Å². The quantitative estimate of drug-likeness (QED) is 0.657. The molecular weight excluding hydrogens is 330 g/mol. The summed E-state index contributed by atoms with van der Waals surface area (Å²) in [6.45, 7) is 2.62. The highest BCUT2D eigenvalue weighted by Crippen LogP contribution is 2.18. The lowest BCUT2D eigenvalue weighted by Crippen LogP contribution is -2.38. The van der Waals surface area contributed by atoms with E-state index in [-0.39, 0.29) is 5.56 Å². The summed E-state index contributed by atoms with van der Waals surface area (Å²) in [5.41, 5.74) is -0.0650. The zero-order valence-electron chi connectivity index (χ0n) is 14.9. The van der Waals surface area contributed by atoms with Crippen LogP contribution >= 0.6 is 0 Å². The van der Waals surface area contributed by atoms with E-state index in [0.717, 1.165) is 38.2 Å². The van der Waals surface area contributed by atoms with Crippen LogP contribution in [0.1, 0.15) is 18.7 Å². The van der Waals surface area contributed by atoms with Crippen LogP contribution in [-0.2, 0) is 20.0 Å². The Kier molecular flexibility index (Phi) is 4.66. The summed E-state index contributed by atoms with van der Waals surface area (Å²) < 4.78 is 5.45. The molecule has 4 heterocycles. The zero-order valence-corrected chi connectivity index (χ0v) is 14.9. The molecule has 8 nitrogen and oxygen atoms in total. The first-order valence-electron chi connectivity index (χ1n) is 8.97. The van der Waals surface area contributed by atoms with E-state index in [4.69, 9.17) is 0 Å². The van der Waals surface area contributed by atoms with E-state index in [0.29, 0.717) is 18.4 Å². The van der Waals surface area contributed by atoms with Crippen LogP contribution in [0.15, 0.2) is 48.0 Å². The van der Waals surface area contributed by atoms with Gasteiger partial charge >= 0.3 is 0 Å². The van der Waals surface area contributed by atoms with Crippen molar-refractivity contribution in [3.05, 3.63) is 59.4 Å². The number of hydrogen-bond acceptors (Lipinski definition) is 5. The number of likely N-dealkylation sites (tertiary alicyclic amines) is 1. The second-order valence-corrected chi connectivity index (χ2v) is 6.72. The number of aromatic nitrogens is 6. The molecule has 0 aromatic carbocycles. The van der Waals surface area contributed by atoms with Crippen molar-refractivity contribution in [3.63, 3.8) is 0 Å². The Balaban J connectivity index is 1.46. The summed E-state index contributed by atoms with van der Waals surface area (Å²) in [6, 6.07) is 3.64. The highest BCUT2D eigenvalue weighted by atomic mass is 16.1. The van der Waals surface area contributed by atoms with Crippen LogP contribution < -0.4 is 5.56 Å². The molecule has 0 aliphatic carbocycles. The zero-order chi connectivity index (χ0) is 17.9. The molecule has 0 saturated carbocycles. The van der Waals surface area contributed by atoms with Gasteiger partial charge in [-0.05, 0) is 25.5 Å². The van der Waals surface area contributed by atoms with E-state index in [2.05, 4.69) is 24.5 Å². The molecule has 1 aliphatic heterocycles. The van der Waals surface area contributed by atoms with Crippen LogP contribution in [-0.4, -0.2) is 52.9 Å². The number of nitrogens with zero attached hydrogens (tertiary/aromatic N) is 7. The topological polar surface area (TPSA) is 73.8 Å². The van der Waals surface area contributed by atoms with Gasteiger partial charge in [-0.3, -0.25) is 14.3 Å². The van der Waals surface area contributed by atoms with Crippen molar-refractivity contribution >= 4 is 0 Å². The fourth-order valence-electron chi connectivity index (χ4n) is 3.58. The van der Waals surface area contributed by atoms with Crippen LogP contribution in [0.4, 0.5) is 0 Å². The second kappa shape index (κ2) is 7.25. The lowest BCUT2D eigenvalue weighted by atomic mass is 10.2. The van der Waals surface area contributed by atoms with Crippen molar-refractivity contribution in [2.45, 2.75) is 31.8 Å². The number of rotatable bonds is 6. The third-order valence-corrected chi connectivity index (χ3v) is 5.05. The highest BCUT2D eigenvalue weighted by molar-refractivity contribution is 5.19. The summed E-state index contributed by atoms with van der Waals surface area (Å²) in [7, 11) is 2.02. The molecule has 0 bridgehead atoms. The predicted octanol–water partition coefficient (Wildman–Crippen LogP) is 0.870. The maximum absolute atomic E-state index is 12.3. The second-order valence-electron chi connectivity index (χ2n) is 6.72. The van der Waals surface area contributed by atoms with Crippen LogP contribution in [0.25, 0.3) is 5.82 Å². The van der Waals surface area contributed by atoms with Gasteiger partial charge in [-0.1, -0.05) is 0 Å². The number of imidazole rings is 2. The summed E-state index contributed by atoms with van der Waals surface area (Å²) >= 11 is 0. The average Bonchev–Trinajstić information content (AvgIpc) is 3.38. The molecule has 0 amide bonds. The Morgan fingerprint density at radius 1 is 1.23 bits per heavy atom. The third-order valence-electron chi connectivity index (χ3n) is 5.05. The summed E-state index contributed by atoms with van der Waals surface area (Å²) in [5, 5.41) is 4.52. The van der Waals surface area contributed by atoms with Gasteiger partial charge in [-0.2, -0.15) is 5.10 Å². The largest absolute Gasteiger partial charge is 0.338 e. The lowest BCUT2D eigenvalue weighted by Gasteiger charge is -2.24. The molecule has 4 rings (SSSR count). The molecule has 1 saturated heterocycles. The third kappa shape index (κ3) is 3.45. The SMILES string of the molecule is Cn1ccnc1CCN1CCCC1Cn1nc(-n2ccnc2)ccc1=O. The Bertz CT molecular complexity index is 912. The van der Waals surface area contributed by atoms with Gasteiger partial charge in [0.15, 0.2) is 5.82 Å².